The summed E-state index contributed by atoms with van der Waals surface area (Å²) < 4.78 is 50.4. The molecule has 0 saturated heterocycles. The van der Waals surface area contributed by atoms with Gasteiger partial charge >= 0.3 is 0 Å². The van der Waals surface area contributed by atoms with E-state index < -0.39 is 22.5 Å². The van der Waals surface area contributed by atoms with E-state index >= 15 is 0 Å². The monoisotopic (exact) mass is 542 g/mol. The molecule has 1 amide bonds. The number of anilines is 1. The number of rotatable bonds is 12. The van der Waals surface area contributed by atoms with Crippen LogP contribution >= 0.6 is 0 Å². The largest absolute Gasteiger partial charge is 0.497 e. The van der Waals surface area contributed by atoms with Crippen LogP contribution in [-0.2, 0) is 14.8 Å². The number of ether oxygens (including phenoxy) is 4. The SMILES string of the molecule is CCC(NC(=O)CN(c1cc(OC)ccc1OC)S(=O)(=O)c1ccc(OC)c(OC)c1)c1ccc(C)cc1. The smallest absolute Gasteiger partial charge is 0.265 e. The van der Waals surface area contributed by atoms with Crippen molar-refractivity contribution in [2.45, 2.75) is 31.2 Å². The van der Waals surface area contributed by atoms with Crippen LogP contribution in [0.25, 0.3) is 0 Å². The fraction of sp³-hybridized carbons (Fsp3) is 0.321. The first-order chi connectivity index (χ1) is 18.2. The standard InChI is InChI=1S/C28H34N2O7S/c1-7-23(20-10-8-19(2)9-11-20)29-28(31)18-30(24-16-21(34-3)12-14-25(24)35-4)38(32,33)22-13-15-26(36-5)27(17-22)37-6/h8-17,23H,7,18H2,1-6H3,(H,29,31). The maximum atomic E-state index is 14.0. The highest BCUT2D eigenvalue weighted by molar-refractivity contribution is 7.92. The number of hydrogen-bond acceptors (Lipinski definition) is 7. The number of nitrogens with zero attached hydrogens (tertiary/aromatic N) is 1. The number of amides is 1. The summed E-state index contributed by atoms with van der Waals surface area (Å²) in [4.78, 5) is 13.3. The molecule has 0 aliphatic heterocycles. The van der Waals surface area contributed by atoms with Gasteiger partial charge in [-0.2, -0.15) is 0 Å². The Balaban J connectivity index is 2.06. The zero-order valence-corrected chi connectivity index (χ0v) is 23.3. The van der Waals surface area contributed by atoms with Crippen molar-refractivity contribution in [1.82, 2.24) is 5.32 Å². The van der Waals surface area contributed by atoms with E-state index in [1.54, 1.807) is 12.1 Å². The highest BCUT2D eigenvalue weighted by Gasteiger charge is 2.31. The zero-order valence-electron chi connectivity index (χ0n) is 22.5. The van der Waals surface area contributed by atoms with Crippen LogP contribution in [0.2, 0.25) is 0 Å². The van der Waals surface area contributed by atoms with E-state index in [-0.39, 0.29) is 28.1 Å². The van der Waals surface area contributed by atoms with Crippen molar-refractivity contribution in [2.75, 3.05) is 39.3 Å². The molecule has 3 aromatic rings. The minimum absolute atomic E-state index is 0.0848. The molecule has 0 fully saturated rings. The molecular weight excluding hydrogens is 508 g/mol. The Kier molecular flexibility index (Phi) is 9.46. The van der Waals surface area contributed by atoms with Gasteiger partial charge in [-0.3, -0.25) is 9.10 Å². The molecule has 0 spiro atoms. The van der Waals surface area contributed by atoms with Crippen LogP contribution in [0.15, 0.2) is 65.6 Å². The fourth-order valence-electron chi connectivity index (χ4n) is 3.99. The quantitative estimate of drug-likeness (QED) is 0.360. The van der Waals surface area contributed by atoms with Crippen LogP contribution in [0.5, 0.6) is 23.0 Å². The molecule has 3 aromatic carbocycles. The summed E-state index contributed by atoms with van der Waals surface area (Å²) >= 11 is 0. The van der Waals surface area contributed by atoms with Gasteiger partial charge in [-0.25, -0.2) is 8.42 Å². The molecule has 1 N–H and O–H groups in total. The van der Waals surface area contributed by atoms with Gasteiger partial charge in [0, 0.05) is 12.1 Å². The third kappa shape index (κ3) is 6.31. The first-order valence-electron chi connectivity index (χ1n) is 12.0. The van der Waals surface area contributed by atoms with Gasteiger partial charge in [-0.15, -0.1) is 0 Å². The Morgan fingerprint density at radius 1 is 0.842 bits per heavy atom. The molecule has 9 nitrogen and oxygen atoms in total. The molecular formula is C28H34N2O7S. The first kappa shape index (κ1) is 28.6. The van der Waals surface area contributed by atoms with Gasteiger partial charge in [-0.1, -0.05) is 36.8 Å². The number of benzene rings is 3. The number of sulfonamides is 1. The van der Waals surface area contributed by atoms with Gasteiger partial charge in [-0.05, 0) is 43.2 Å². The predicted octanol–water partition coefficient (Wildman–Crippen LogP) is 4.49. The minimum Gasteiger partial charge on any atom is -0.497 e. The van der Waals surface area contributed by atoms with Crippen molar-refractivity contribution in [3.8, 4) is 23.0 Å². The Morgan fingerprint density at radius 2 is 1.47 bits per heavy atom. The highest BCUT2D eigenvalue weighted by atomic mass is 32.2. The molecule has 1 atom stereocenters. The molecule has 0 aromatic heterocycles. The van der Waals surface area contributed by atoms with Crippen molar-refractivity contribution >= 4 is 21.6 Å². The van der Waals surface area contributed by atoms with Crippen molar-refractivity contribution in [1.29, 1.82) is 0 Å². The van der Waals surface area contributed by atoms with Gasteiger partial charge in [0.05, 0.1) is 45.1 Å². The third-order valence-electron chi connectivity index (χ3n) is 6.11. The summed E-state index contributed by atoms with van der Waals surface area (Å²) in [5.41, 5.74) is 2.19. The molecule has 3 rings (SSSR count). The van der Waals surface area contributed by atoms with Crippen molar-refractivity contribution < 1.29 is 32.2 Å². The second kappa shape index (κ2) is 12.6. The van der Waals surface area contributed by atoms with E-state index in [0.717, 1.165) is 15.4 Å². The topological polar surface area (TPSA) is 103 Å². The number of carbonyl (C=O) groups is 1. The van der Waals surface area contributed by atoms with E-state index in [2.05, 4.69) is 5.32 Å². The van der Waals surface area contributed by atoms with Crippen LogP contribution in [0, 0.1) is 6.92 Å². The van der Waals surface area contributed by atoms with Crippen molar-refractivity contribution in [3.63, 3.8) is 0 Å². The Morgan fingerprint density at radius 3 is 2.05 bits per heavy atom. The third-order valence-corrected chi connectivity index (χ3v) is 7.86. The summed E-state index contributed by atoms with van der Waals surface area (Å²) in [6.45, 7) is 3.44. The molecule has 10 heteroatoms. The van der Waals surface area contributed by atoms with Crippen LogP contribution in [0.1, 0.15) is 30.5 Å². The second-order valence-corrected chi connectivity index (χ2v) is 10.4. The lowest BCUT2D eigenvalue weighted by Gasteiger charge is -2.27. The Labute approximate surface area is 224 Å². The first-order valence-corrected chi connectivity index (χ1v) is 13.4. The molecule has 0 aliphatic carbocycles. The molecule has 0 saturated carbocycles. The second-order valence-electron chi connectivity index (χ2n) is 8.51. The van der Waals surface area contributed by atoms with E-state index in [9.17, 15) is 13.2 Å². The Bertz CT molecular complexity index is 1360. The van der Waals surface area contributed by atoms with Gasteiger partial charge in [0.25, 0.3) is 10.0 Å². The number of methoxy groups -OCH3 is 4. The van der Waals surface area contributed by atoms with E-state index in [0.29, 0.717) is 17.9 Å². The predicted molar refractivity (Wildman–Crippen MR) is 146 cm³/mol. The van der Waals surface area contributed by atoms with Crippen LogP contribution in [0.3, 0.4) is 0 Å². The maximum Gasteiger partial charge on any atom is 0.265 e. The zero-order chi connectivity index (χ0) is 27.9. The molecule has 38 heavy (non-hydrogen) atoms. The minimum atomic E-state index is -4.28. The Hall–Kier alpha value is -3.92. The molecule has 0 heterocycles. The summed E-state index contributed by atoms with van der Waals surface area (Å²) in [6.07, 6.45) is 0.625. The molecule has 0 radical (unpaired) electrons. The van der Waals surface area contributed by atoms with Crippen molar-refractivity contribution in [3.05, 3.63) is 71.8 Å². The highest BCUT2D eigenvalue weighted by Crippen LogP contribution is 2.37. The number of hydrogen-bond donors (Lipinski definition) is 1. The maximum absolute atomic E-state index is 14.0. The van der Waals surface area contributed by atoms with Crippen LogP contribution in [0.4, 0.5) is 5.69 Å². The average molecular weight is 543 g/mol. The fourth-order valence-corrected chi connectivity index (χ4v) is 5.43. The molecule has 1 unspecified atom stereocenters. The number of aryl methyl sites for hydroxylation is 1. The number of carbonyl (C=O) groups excluding carboxylic acids is 1. The van der Waals surface area contributed by atoms with Gasteiger partial charge in [0.1, 0.15) is 18.0 Å². The molecule has 0 bridgehead atoms. The lowest BCUT2D eigenvalue weighted by molar-refractivity contribution is -0.120. The van der Waals surface area contributed by atoms with E-state index in [1.165, 1.54) is 52.7 Å². The van der Waals surface area contributed by atoms with E-state index in [4.69, 9.17) is 18.9 Å². The average Bonchev–Trinajstić information content (AvgIpc) is 2.94. The van der Waals surface area contributed by atoms with E-state index in [1.807, 2.05) is 38.1 Å². The van der Waals surface area contributed by atoms with Crippen LogP contribution in [-0.4, -0.2) is 49.3 Å². The van der Waals surface area contributed by atoms with Gasteiger partial charge < -0.3 is 24.3 Å². The summed E-state index contributed by atoms with van der Waals surface area (Å²) in [5, 5.41) is 2.97. The summed E-state index contributed by atoms with van der Waals surface area (Å²) in [5.74, 6) is 0.791. The van der Waals surface area contributed by atoms with Crippen LogP contribution < -0.4 is 28.6 Å². The normalized spacial score (nSPS) is 11.8. The number of nitrogens with one attached hydrogen (secondary N) is 1. The molecule has 204 valence electrons. The van der Waals surface area contributed by atoms with Gasteiger partial charge in [0.2, 0.25) is 5.91 Å². The van der Waals surface area contributed by atoms with Gasteiger partial charge in [0.15, 0.2) is 11.5 Å². The summed E-state index contributed by atoms with van der Waals surface area (Å²) in [7, 11) is 1.50. The lowest BCUT2D eigenvalue weighted by atomic mass is 10.0. The molecule has 0 aliphatic rings. The summed E-state index contributed by atoms with van der Waals surface area (Å²) in [6, 6.07) is 16.6. The van der Waals surface area contributed by atoms with Crippen molar-refractivity contribution in [2.24, 2.45) is 0 Å². The lowest BCUT2D eigenvalue weighted by Crippen LogP contribution is -2.42.